The van der Waals surface area contributed by atoms with Crippen molar-refractivity contribution in [3.63, 3.8) is 0 Å². The van der Waals surface area contributed by atoms with Gasteiger partial charge in [-0.3, -0.25) is 0 Å². The second kappa shape index (κ2) is 10.4. The van der Waals surface area contributed by atoms with E-state index in [4.69, 9.17) is 23.8 Å². The predicted molar refractivity (Wildman–Crippen MR) is 83.5 cm³/mol. The lowest BCUT2D eigenvalue weighted by Gasteiger charge is -2.26. The van der Waals surface area contributed by atoms with Crippen molar-refractivity contribution in [1.29, 1.82) is 0 Å². The summed E-state index contributed by atoms with van der Waals surface area (Å²) in [7, 11) is 0. The molecule has 0 amide bonds. The van der Waals surface area contributed by atoms with E-state index in [1.807, 2.05) is 13.8 Å². The van der Waals surface area contributed by atoms with Gasteiger partial charge in [-0.2, -0.15) is 0 Å². The minimum Gasteiger partial charge on any atom is -0.366 e. The summed E-state index contributed by atoms with van der Waals surface area (Å²) >= 11 is 12.5. The zero-order chi connectivity index (χ0) is 13.2. The molecule has 0 saturated heterocycles. The van der Waals surface area contributed by atoms with Crippen LogP contribution in [0.1, 0.15) is 47.5 Å². The average molecular weight is 282 g/mol. The standard InChI is InChI=1S/C10H18ClNS2.C2H6/c1-5-10(4,6-2)14-9(13)12-7-8(3)11;1-2/h3,5-7H2,1-2,4H3,(H,12,13);1-2H3. The molecule has 0 fully saturated rings. The summed E-state index contributed by atoms with van der Waals surface area (Å²) in [6.07, 6.45) is 2.22. The Morgan fingerprint density at radius 2 is 1.81 bits per heavy atom. The van der Waals surface area contributed by atoms with Crippen LogP contribution in [-0.4, -0.2) is 15.6 Å². The van der Waals surface area contributed by atoms with Crippen molar-refractivity contribution in [3.05, 3.63) is 11.6 Å². The maximum Gasteiger partial charge on any atom is 0.134 e. The van der Waals surface area contributed by atoms with Gasteiger partial charge in [-0.15, -0.1) is 0 Å². The van der Waals surface area contributed by atoms with Crippen LogP contribution in [0.2, 0.25) is 0 Å². The van der Waals surface area contributed by atoms with E-state index < -0.39 is 0 Å². The second-order valence-electron chi connectivity index (χ2n) is 3.42. The summed E-state index contributed by atoms with van der Waals surface area (Å²) in [5.41, 5.74) is 0. The van der Waals surface area contributed by atoms with E-state index in [-0.39, 0.29) is 4.75 Å². The first kappa shape index (κ1) is 18.6. The largest absolute Gasteiger partial charge is 0.366 e. The fourth-order valence-electron chi connectivity index (χ4n) is 0.822. The lowest BCUT2D eigenvalue weighted by Crippen LogP contribution is -2.27. The van der Waals surface area contributed by atoms with E-state index >= 15 is 0 Å². The van der Waals surface area contributed by atoms with Gasteiger partial charge in [-0.05, 0) is 12.8 Å². The first-order valence-electron chi connectivity index (χ1n) is 5.73. The molecule has 0 aliphatic heterocycles. The molecule has 0 aromatic rings. The highest BCUT2D eigenvalue weighted by atomic mass is 35.5. The van der Waals surface area contributed by atoms with Crippen LogP contribution in [-0.2, 0) is 0 Å². The third-order valence-corrected chi connectivity index (χ3v) is 4.19. The Balaban J connectivity index is 0. The molecule has 0 unspecified atom stereocenters. The minimum absolute atomic E-state index is 0.234. The van der Waals surface area contributed by atoms with Crippen LogP contribution in [0.25, 0.3) is 0 Å². The molecular formula is C12H24ClNS2. The number of hydrogen-bond donors (Lipinski definition) is 1. The van der Waals surface area contributed by atoms with Crippen molar-refractivity contribution < 1.29 is 0 Å². The molecule has 0 heterocycles. The third kappa shape index (κ3) is 9.49. The molecule has 0 spiro atoms. The minimum atomic E-state index is 0.234. The van der Waals surface area contributed by atoms with Crippen LogP contribution in [0.5, 0.6) is 0 Å². The number of rotatable bonds is 5. The van der Waals surface area contributed by atoms with Crippen molar-refractivity contribution in [2.45, 2.75) is 52.2 Å². The van der Waals surface area contributed by atoms with Gasteiger partial charge in [0.2, 0.25) is 0 Å². The number of halogens is 1. The van der Waals surface area contributed by atoms with Gasteiger partial charge in [0, 0.05) is 9.78 Å². The highest BCUT2D eigenvalue weighted by Gasteiger charge is 2.22. The Labute approximate surface area is 115 Å². The number of thiocarbonyl (C=S) groups is 1. The Morgan fingerprint density at radius 3 is 2.12 bits per heavy atom. The molecule has 0 bridgehead atoms. The van der Waals surface area contributed by atoms with Crippen molar-refractivity contribution in [3.8, 4) is 0 Å². The third-order valence-electron chi connectivity index (χ3n) is 2.26. The van der Waals surface area contributed by atoms with Gasteiger partial charge >= 0.3 is 0 Å². The van der Waals surface area contributed by atoms with Crippen LogP contribution >= 0.6 is 35.6 Å². The van der Waals surface area contributed by atoms with Gasteiger partial charge in [0.05, 0.1) is 6.54 Å². The first-order chi connectivity index (χ1) is 7.43. The number of thioether (sulfide) groups is 1. The van der Waals surface area contributed by atoms with E-state index in [0.29, 0.717) is 11.6 Å². The van der Waals surface area contributed by atoms with Crippen LogP contribution < -0.4 is 5.32 Å². The van der Waals surface area contributed by atoms with E-state index in [9.17, 15) is 0 Å². The highest BCUT2D eigenvalue weighted by Crippen LogP contribution is 2.32. The van der Waals surface area contributed by atoms with Crippen molar-refractivity contribution in [2.24, 2.45) is 0 Å². The summed E-state index contributed by atoms with van der Waals surface area (Å²) in [4.78, 5) is 0. The van der Waals surface area contributed by atoms with Crippen LogP contribution in [0.15, 0.2) is 11.6 Å². The van der Waals surface area contributed by atoms with Crippen LogP contribution in [0, 0.1) is 0 Å². The Kier molecular flexibility index (Phi) is 12.1. The van der Waals surface area contributed by atoms with Crippen molar-refractivity contribution in [2.75, 3.05) is 6.54 Å². The fraction of sp³-hybridized carbons (Fsp3) is 0.750. The van der Waals surface area contributed by atoms with Crippen LogP contribution in [0.4, 0.5) is 0 Å². The number of nitrogens with one attached hydrogen (secondary N) is 1. The quantitative estimate of drug-likeness (QED) is 0.716. The summed E-state index contributed by atoms with van der Waals surface area (Å²) in [5.74, 6) is 0. The smallest absolute Gasteiger partial charge is 0.134 e. The van der Waals surface area contributed by atoms with Gasteiger partial charge in [0.15, 0.2) is 0 Å². The highest BCUT2D eigenvalue weighted by molar-refractivity contribution is 8.23. The molecule has 16 heavy (non-hydrogen) atoms. The molecule has 0 aliphatic carbocycles. The molecule has 0 radical (unpaired) electrons. The normalized spacial score (nSPS) is 10.1. The molecular weight excluding hydrogens is 258 g/mol. The van der Waals surface area contributed by atoms with Gasteiger partial charge < -0.3 is 5.32 Å². The topological polar surface area (TPSA) is 12.0 Å². The lowest BCUT2D eigenvalue weighted by molar-refractivity contribution is 0.603. The van der Waals surface area contributed by atoms with Crippen molar-refractivity contribution >= 4 is 39.9 Å². The molecule has 0 saturated carbocycles. The molecule has 96 valence electrons. The SMILES string of the molecule is C=C(Cl)CNC(=S)SC(C)(CC)CC.CC. The zero-order valence-corrected chi connectivity index (χ0v) is 13.4. The molecule has 1 N–H and O–H groups in total. The van der Waals surface area contributed by atoms with Gasteiger partial charge in [-0.1, -0.05) is 76.8 Å². The molecule has 0 aromatic carbocycles. The summed E-state index contributed by atoms with van der Waals surface area (Å²) in [6, 6.07) is 0. The first-order valence-corrected chi connectivity index (χ1v) is 7.34. The van der Waals surface area contributed by atoms with E-state index in [0.717, 1.165) is 17.2 Å². The van der Waals surface area contributed by atoms with Gasteiger partial charge in [-0.25, -0.2) is 0 Å². The fourth-order valence-corrected chi connectivity index (χ4v) is 2.45. The van der Waals surface area contributed by atoms with E-state index in [1.54, 1.807) is 11.8 Å². The lowest BCUT2D eigenvalue weighted by atomic mass is 10.1. The Bertz CT molecular complexity index is 213. The molecule has 0 aromatic heterocycles. The number of hydrogen-bond acceptors (Lipinski definition) is 2. The molecule has 0 aliphatic rings. The molecule has 0 rings (SSSR count). The summed E-state index contributed by atoms with van der Waals surface area (Å²) < 4.78 is 1.04. The molecule has 0 atom stereocenters. The van der Waals surface area contributed by atoms with E-state index in [2.05, 4.69) is 32.7 Å². The zero-order valence-electron chi connectivity index (χ0n) is 11.0. The van der Waals surface area contributed by atoms with Gasteiger partial charge in [0.1, 0.15) is 4.32 Å². The summed E-state index contributed by atoms with van der Waals surface area (Å²) in [5, 5.41) is 3.66. The molecule has 1 nitrogen and oxygen atoms in total. The monoisotopic (exact) mass is 281 g/mol. The van der Waals surface area contributed by atoms with Gasteiger partial charge in [0.25, 0.3) is 0 Å². The maximum atomic E-state index is 5.63. The Hall–Kier alpha value is 0.270. The van der Waals surface area contributed by atoms with E-state index in [1.165, 1.54) is 0 Å². The average Bonchev–Trinajstić information content (AvgIpc) is 2.29. The molecule has 4 heteroatoms. The van der Waals surface area contributed by atoms with Crippen LogP contribution in [0.3, 0.4) is 0 Å². The maximum absolute atomic E-state index is 5.63. The summed E-state index contributed by atoms with van der Waals surface area (Å²) in [6.45, 7) is 14.7. The van der Waals surface area contributed by atoms with Crippen molar-refractivity contribution in [1.82, 2.24) is 5.32 Å². The second-order valence-corrected chi connectivity index (χ2v) is 6.22. The Morgan fingerprint density at radius 1 is 1.38 bits per heavy atom. The predicted octanol–water partition coefficient (Wildman–Crippen LogP) is 4.95.